The van der Waals surface area contributed by atoms with Crippen LogP contribution in [-0.4, -0.2) is 21.2 Å². The Bertz CT molecular complexity index is 438. The zero-order chi connectivity index (χ0) is 14.8. The van der Waals surface area contributed by atoms with E-state index in [4.69, 9.17) is 4.84 Å². The van der Waals surface area contributed by atoms with Crippen molar-refractivity contribution in [3.05, 3.63) is 35.4 Å². The van der Waals surface area contributed by atoms with Gasteiger partial charge in [-0.15, -0.1) is 0 Å². The Balaban J connectivity index is 2.11. The number of hydrogen-bond acceptors (Lipinski definition) is 3. The van der Waals surface area contributed by atoms with Crippen LogP contribution in [0.4, 0.5) is 0 Å². The molecular weight excluding hydrogens is 250 g/mol. The highest BCUT2D eigenvalue weighted by atomic mass is 16.7. The van der Waals surface area contributed by atoms with Gasteiger partial charge in [-0.2, -0.15) is 5.06 Å². The Labute approximate surface area is 122 Å². The zero-order valence-corrected chi connectivity index (χ0v) is 13.1. The van der Waals surface area contributed by atoms with Gasteiger partial charge < -0.3 is 5.11 Å². The minimum Gasteiger partial charge on any atom is -0.392 e. The van der Waals surface area contributed by atoms with E-state index in [0.29, 0.717) is 6.61 Å². The summed E-state index contributed by atoms with van der Waals surface area (Å²) in [6.07, 6.45) is 3.54. The fourth-order valence-corrected chi connectivity index (χ4v) is 3.31. The van der Waals surface area contributed by atoms with Crippen LogP contribution < -0.4 is 0 Å². The molecule has 0 saturated carbocycles. The van der Waals surface area contributed by atoms with Crippen LogP contribution in [-0.2, 0) is 18.1 Å². The van der Waals surface area contributed by atoms with Crippen LogP contribution in [0.15, 0.2) is 24.3 Å². The molecule has 0 amide bonds. The van der Waals surface area contributed by atoms with Crippen LogP contribution in [0.5, 0.6) is 0 Å². The predicted molar refractivity (Wildman–Crippen MR) is 81.0 cm³/mol. The van der Waals surface area contributed by atoms with Gasteiger partial charge in [0.1, 0.15) is 0 Å². The Morgan fingerprint density at radius 2 is 1.60 bits per heavy atom. The molecule has 1 aliphatic heterocycles. The molecule has 1 aromatic carbocycles. The van der Waals surface area contributed by atoms with E-state index in [-0.39, 0.29) is 17.7 Å². The van der Waals surface area contributed by atoms with Gasteiger partial charge in [-0.25, -0.2) is 0 Å². The average Bonchev–Trinajstić information content (AvgIpc) is 2.37. The summed E-state index contributed by atoms with van der Waals surface area (Å²) in [5, 5.41) is 11.6. The van der Waals surface area contributed by atoms with Crippen molar-refractivity contribution in [2.24, 2.45) is 0 Å². The number of aliphatic hydroxyl groups excluding tert-OH is 1. The van der Waals surface area contributed by atoms with Crippen molar-refractivity contribution in [1.29, 1.82) is 0 Å². The number of benzene rings is 1. The standard InChI is InChI=1S/C17H27NO2/c1-16(2)10-7-11-17(3,4)18(16)20-13-15-9-6-5-8-14(15)12-19/h5-6,8-9,19H,7,10-13H2,1-4H3. The van der Waals surface area contributed by atoms with Gasteiger partial charge in [-0.3, -0.25) is 4.84 Å². The lowest BCUT2D eigenvalue weighted by Crippen LogP contribution is -2.58. The molecule has 0 spiro atoms. The third-order valence-corrected chi connectivity index (χ3v) is 4.31. The molecule has 0 aliphatic carbocycles. The molecule has 1 fully saturated rings. The van der Waals surface area contributed by atoms with Gasteiger partial charge in [0.25, 0.3) is 0 Å². The van der Waals surface area contributed by atoms with E-state index in [9.17, 15) is 5.11 Å². The van der Waals surface area contributed by atoms with E-state index in [2.05, 4.69) is 32.8 Å². The molecule has 112 valence electrons. The molecule has 1 aliphatic rings. The quantitative estimate of drug-likeness (QED) is 0.911. The number of piperidine rings is 1. The second-order valence-corrected chi connectivity index (χ2v) is 6.97. The van der Waals surface area contributed by atoms with Gasteiger partial charge >= 0.3 is 0 Å². The van der Waals surface area contributed by atoms with Crippen LogP contribution in [0.25, 0.3) is 0 Å². The molecule has 1 saturated heterocycles. The summed E-state index contributed by atoms with van der Waals surface area (Å²) in [6, 6.07) is 7.91. The first-order valence-corrected chi connectivity index (χ1v) is 7.48. The largest absolute Gasteiger partial charge is 0.392 e. The summed E-state index contributed by atoms with van der Waals surface area (Å²) >= 11 is 0. The lowest BCUT2D eigenvalue weighted by Gasteiger charge is -2.51. The Kier molecular flexibility index (Phi) is 4.52. The first-order valence-electron chi connectivity index (χ1n) is 7.48. The summed E-state index contributed by atoms with van der Waals surface area (Å²) < 4.78 is 0. The van der Waals surface area contributed by atoms with E-state index in [1.807, 2.05) is 24.3 Å². The summed E-state index contributed by atoms with van der Waals surface area (Å²) in [6.45, 7) is 9.55. The molecule has 1 heterocycles. The highest BCUT2D eigenvalue weighted by Crippen LogP contribution is 2.38. The fraction of sp³-hybridized carbons (Fsp3) is 0.647. The summed E-state index contributed by atoms with van der Waals surface area (Å²) in [4.78, 5) is 6.16. The summed E-state index contributed by atoms with van der Waals surface area (Å²) in [7, 11) is 0. The molecule has 3 heteroatoms. The van der Waals surface area contributed by atoms with Crippen LogP contribution in [0.2, 0.25) is 0 Å². The summed E-state index contributed by atoms with van der Waals surface area (Å²) in [5.41, 5.74) is 2.11. The molecule has 20 heavy (non-hydrogen) atoms. The number of hydroxylamine groups is 2. The molecule has 0 radical (unpaired) electrons. The van der Waals surface area contributed by atoms with Crippen molar-refractivity contribution in [1.82, 2.24) is 5.06 Å². The molecule has 1 N–H and O–H groups in total. The number of nitrogens with zero attached hydrogens (tertiary/aromatic N) is 1. The fourth-order valence-electron chi connectivity index (χ4n) is 3.31. The van der Waals surface area contributed by atoms with Crippen molar-refractivity contribution in [3.63, 3.8) is 0 Å². The molecule has 2 rings (SSSR count). The second kappa shape index (κ2) is 5.84. The molecular formula is C17H27NO2. The lowest BCUT2D eigenvalue weighted by atomic mass is 9.82. The van der Waals surface area contributed by atoms with E-state index in [0.717, 1.165) is 24.0 Å². The maximum absolute atomic E-state index is 9.39. The topological polar surface area (TPSA) is 32.7 Å². The maximum atomic E-state index is 9.39. The average molecular weight is 277 g/mol. The number of rotatable bonds is 4. The Morgan fingerprint density at radius 3 is 2.15 bits per heavy atom. The maximum Gasteiger partial charge on any atom is 0.0939 e. The van der Waals surface area contributed by atoms with E-state index in [1.54, 1.807) is 0 Å². The minimum atomic E-state index is 0.0515. The molecule has 0 atom stereocenters. The van der Waals surface area contributed by atoms with Crippen molar-refractivity contribution in [2.75, 3.05) is 0 Å². The Hall–Kier alpha value is -0.900. The highest BCUT2D eigenvalue weighted by Gasteiger charge is 2.42. The van der Waals surface area contributed by atoms with E-state index in [1.165, 1.54) is 6.42 Å². The van der Waals surface area contributed by atoms with Gasteiger partial charge in [0.2, 0.25) is 0 Å². The van der Waals surface area contributed by atoms with Crippen LogP contribution >= 0.6 is 0 Å². The van der Waals surface area contributed by atoms with Gasteiger partial charge in [-0.05, 0) is 58.1 Å². The molecule has 3 nitrogen and oxygen atoms in total. The van der Waals surface area contributed by atoms with Crippen LogP contribution in [0, 0.1) is 0 Å². The van der Waals surface area contributed by atoms with Gasteiger partial charge in [-0.1, -0.05) is 24.3 Å². The number of hydrogen-bond donors (Lipinski definition) is 1. The molecule has 1 aromatic rings. The van der Waals surface area contributed by atoms with Crippen molar-refractivity contribution >= 4 is 0 Å². The van der Waals surface area contributed by atoms with Crippen LogP contribution in [0.3, 0.4) is 0 Å². The van der Waals surface area contributed by atoms with Gasteiger partial charge in [0, 0.05) is 11.1 Å². The SMILES string of the molecule is CC1(C)CCCC(C)(C)N1OCc1ccccc1CO. The number of aliphatic hydroxyl groups is 1. The first-order chi connectivity index (χ1) is 9.37. The lowest BCUT2D eigenvalue weighted by molar-refractivity contribution is -0.288. The Morgan fingerprint density at radius 1 is 1.05 bits per heavy atom. The zero-order valence-electron chi connectivity index (χ0n) is 13.1. The monoisotopic (exact) mass is 277 g/mol. The second-order valence-electron chi connectivity index (χ2n) is 6.97. The van der Waals surface area contributed by atoms with Gasteiger partial charge in [0.05, 0.1) is 13.2 Å². The van der Waals surface area contributed by atoms with Crippen molar-refractivity contribution in [2.45, 2.75) is 71.2 Å². The van der Waals surface area contributed by atoms with Crippen LogP contribution in [0.1, 0.15) is 58.1 Å². The molecule has 0 unspecified atom stereocenters. The predicted octanol–water partition coefficient (Wildman–Crippen LogP) is 3.65. The van der Waals surface area contributed by atoms with Crippen molar-refractivity contribution in [3.8, 4) is 0 Å². The highest BCUT2D eigenvalue weighted by molar-refractivity contribution is 5.25. The molecule has 0 bridgehead atoms. The third-order valence-electron chi connectivity index (χ3n) is 4.31. The first kappa shape index (κ1) is 15.5. The smallest absolute Gasteiger partial charge is 0.0939 e. The van der Waals surface area contributed by atoms with E-state index >= 15 is 0 Å². The third kappa shape index (κ3) is 3.22. The minimum absolute atomic E-state index is 0.0515. The summed E-state index contributed by atoms with van der Waals surface area (Å²) in [5.74, 6) is 0. The van der Waals surface area contributed by atoms with Crippen molar-refractivity contribution < 1.29 is 9.94 Å². The molecule has 0 aromatic heterocycles. The van der Waals surface area contributed by atoms with E-state index < -0.39 is 0 Å². The normalized spacial score (nSPS) is 21.9. The van der Waals surface area contributed by atoms with Gasteiger partial charge in [0.15, 0.2) is 0 Å².